The van der Waals surface area contributed by atoms with Gasteiger partial charge in [0.1, 0.15) is 0 Å². The van der Waals surface area contributed by atoms with E-state index in [2.05, 4.69) is 11.3 Å². The zero-order valence-corrected chi connectivity index (χ0v) is 8.16. The van der Waals surface area contributed by atoms with Crippen molar-refractivity contribution in [2.24, 2.45) is 0 Å². The number of rotatable bonds is 6. The van der Waals surface area contributed by atoms with Gasteiger partial charge in [-0.1, -0.05) is 26.0 Å². The van der Waals surface area contributed by atoms with Gasteiger partial charge in [0, 0.05) is 5.57 Å². The molecule has 0 aliphatic rings. The molecule has 0 rings (SSSR count). The third kappa shape index (κ3) is 5.13. The van der Waals surface area contributed by atoms with E-state index in [1.54, 1.807) is 0 Å². The summed E-state index contributed by atoms with van der Waals surface area (Å²) < 4.78 is 4.44. The smallest absolute Gasteiger partial charge is 0.331 e. The molecule has 0 heterocycles. The molecule has 0 spiro atoms. The first-order valence-electron chi connectivity index (χ1n) is 4.34. The van der Waals surface area contributed by atoms with Crippen molar-refractivity contribution < 1.29 is 19.4 Å². The van der Waals surface area contributed by atoms with Crippen molar-refractivity contribution in [3.63, 3.8) is 0 Å². The molecule has 0 atom stereocenters. The zero-order valence-electron chi connectivity index (χ0n) is 8.16. The maximum atomic E-state index is 10.8. The SMILES string of the molecule is C=COC(=O)CC=C(CCC)C(=O)O. The van der Waals surface area contributed by atoms with Gasteiger partial charge >= 0.3 is 11.9 Å². The minimum Gasteiger partial charge on any atom is -0.478 e. The predicted octanol–water partition coefficient (Wildman–Crippen LogP) is 1.87. The molecular weight excluding hydrogens is 184 g/mol. The summed E-state index contributed by atoms with van der Waals surface area (Å²) in [4.78, 5) is 21.5. The Labute approximate surface area is 82.9 Å². The number of esters is 1. The normalized spacial score (nSPS) is 10.8. The molecule has 4 nitrogen and oxygen atoms in total. The summed E-state index contributed by atoms with van der Waals surface area (Å²) in [7, 11) is 0. The molecule has 0 radical (unpaired) electrons. The summed E-state index contributed by atoms with van der Waals surface area (Å²) in [5.74, 6) is -1.49. The van der Waals surface area contributed by atoms with Crippen molar-refractivity contribution in [1.82, 2.24) is 0 Å². The summed E-state index contributed by atoms with van der Waals surface area (Å²) in [6, 6.07) is 0. The van der Waals surface area contributed by atoms with Gasteiger partial charge in [0.25, 0.3) is 0 Å². The number of ether oxygens (including phenoxy) is 1. The fourth-order valence-corrected chi connectivity index (χ4v) is 0.913. The van der Waals surface area contributed by atoms with Crippen molar-refractivity contribution in [3.05, 3.63) is 24.5 Å². The van der Waals surface area contributed by atoms with Gasteiger partial charge in [0.2, 0.25) is 0 Å². The van der Waals surface area contributed by atoms with E-state index >= 15 is 0 Å². The molecule has 0 amide bonds. The maximum Gasteiger partial charge on any atom is 0.331 e. The van der Waals surface area contributed by atoms with E-state index in [1.165, 1.54) is 6.08 Å². The lowest BCUT2D eigenvalue weighted by Gasteiger charge is -1.99. The Bertz CT molecular complexity index is 253. The molecule has 0 aliphatic heterocycles. The summed E-state index contributed by atoms with van der Waals surface area (Å²) in [6.45, 7) is 5.09. The van der Waals surface area contributed by atoms with E-state index in [1.807, 2.05) is 6.92 Å². The molecule has 0 saturated heterocycles. The highest BCUT2D eigenvalue weighted by atomic mass is 16.5. The molecule has 1 N–H and O–H groups in total. The molecular formula is C10H14O4. The van der Waals surface area contributed by atoms with E-state index in [0.717, 1.165) is 12.7 Å². The van der Waals surface area contributed by atoms with E-state index < -0.39 is 11.9 Å². The molecule has 0 saturated carbocycles. The van der Waals surface area contributed by atoms with Crippen LogP contribution in [0.3, 0.4) is 0 Å². The van der Waals surface area contributed by atoms with E-state index in [9.17, 15) is 9.59 Å². The summed E-state index contributed by atoms with van der Waals surface area (Å²) in [5, 5.41) is 8.71. The van der Waals surface area contributed by atoms with Crippen molar-refractivity contribution in [2.45, 2.75) is 26.2 Å². The molecule has 0 aliphatic carbocycles. The lowest BCUT2D eigenvalue weighted by atomic mass is 10.1. The third-order valence-corrected chi connectivity index (χ3v) is 1.52. The van der Waals surface area contributed by atoms with E-state index in [0.29, 0.717) is 6.42 Å². The second kappa shape index (κ2) is 6.88. The van der Waals surface area contributed by atoms with Crippen LogP contribution in [0.4, 0.5) is 0 Å². The van der Waals surface area contributed by atoms with Crippen LogP contribution in [0, 0.1) is 0 Å². The zero-order chi connectivity index (χ0) is 11.0. The Morgan fingerprint density at radius 2 is 2.14 bits per heavy atom. The highest BCUT2D eigenvalue weighted by Crippen LogP contribution is 2.06. The first-order valence-corrected chi connectivity index (χ1v) is 4.34. The number of carboxylic acid groups (broad SMARTS) is 1. The molecule has 0 aromatic carbocycles. The quantitative estimate of drug-likeness (QED) is 0.402. The first kappa shape index (κ1) is 12.4. The van der Waals surface area contributed by atoms with Gasteiger partial charge in [-0.05, 0) is 6.42 Å². The lowest BCUT2D eigenvalue weighted by Crippen LogP contribution is -2.03. The molecule has 0 aromatic rings. The van der Waals surface area contributed by atoms with Gasteiger partial charge in [-0.25, -0.2) is 4.79 Å². The predicted molar refractivity (Wildman–Crippen MR) is 51.5 cm³/mol. The number of carboxylic acids is 1. The van der Waals surface area contributed by atoms with Crippen LogP contribution in [0.1, 0.15) is 26.2 Å². The highest BCUT2D eigenvalue weighted by Gasteiger charge is 2.06. The molecule has 0 fully saturated rings. The minimum atomic E-state index is -0.988. The second-order valence-electron chi connectivity index (χ2n) is 2.65. The topological polar surface area (TPSA) is 63.6 Å². The summed E-state index contributed by atoms with van der Waals surface area (Å²) in [5.41, 5.74) is 0.244. The lowest BCUT2D eigenvalue weighted by molar-refractivity contribution is -0.136. The Balaban J connectivity index is 4.21. The van der Waals surface area contributed by atoms with Gasteiger partial charge in [0.15, 0.2) is 0 Å². The molecule has 0 bridgehead atoms. The number of carbonyl (C=O) groups is 2. The summed E-state index contributed by atoms with van der Waals surface area (Å²) >= 11 is 0. The van der Waals surface area contributed by atoms with Crippen LogP contribution in [0.2, 0.25) is 0 Å². The van der Waals surface area contributed by atoms with Crippen molar-refractivity contribution >= 4 is 11.9 Å². The molecule has 0 aromatic heterocycles. The highest BCUT2D eigenvalue weighted by molar-refractivity contribution is 5.87. The van der Waals surface area contributed by atoms with Gasteiger partial charge < -0.3 is 9.84 Å². The molecule has 4 heteroatoms. The Morgan fingerprint density at radius 3 is 2.57 bits per heavy atom. The Morgan fingerprint density at radius 1 is 1.50 bits per heavy atom. The third-order valence-electron chi connectivity index (χ3n) is 1.52. The van der Waals surface area contributed by atoms with Gasteiger partial charge in [-0.15, -0.1) is 0 Å². The standard InChI is InChI=1S/C10H14O4/c1-3-5-8(10(12)13)6-7-9(11)14-4-2/h4,6H,2-3,5,7H2,1H3,(H,12,13). The van der Waals surface area contributed by atoms with Crippen LogP contribution in [0.25, 0.3) is 0 Å². The number of hydrogen-bond acceptors (Lipinski definition) is 3. The average molecular weight is 198 g/mol. The first-order chi connectivity index (χ1) is 6.61. The molecule has 78 valence electrons. The number of hydrogen-bond donors (Lipinski definition) is 1. The monoisotopic (exact) mass is 198 g/mol. The van der Waals surface area contributed by atoms with Crippen LogP contribution in [0.15, 0.2) is 24.5 Å². The van der Waals surface area contributed by atoms with E-state index in [4.69, 9.17) is 5.11 Å². The second-order valence-corrected chi connectivity index (χ2v) is 2.65. The van der Waals surface area contributed by atoms with Crippen molar-refractivity contribution in [1.29, 1.82) is 0 Å². The van der Waals surface area contributed by atoms with Crippen molar-refractivity contribution in [3.8, 4) is 0 Å². The van der Waals surface area contributed by atoms with Crippen LogP contribution in [0.5, 0.6) is 0 Å². The molecule has 14 heavy (non-hydrogen) atoms. The summed E-state index contributed by atoms with van der Waals surface area (Å²) in [6.07, 6.45) is 3.55. The van der Waals surface area contributed by atoms with Gasteiger partial charge in [0.05, 0.1) is 12.7 Å². The van der Waals surface area contributed by atoms with E-state index in [-0.39, 0.29) is 12.0 Å². The Kier molecular flexibility index (Phi) is 6.11. The average Bonchev–Trinajstić information content (AvgIpc) is 2.12. The largest absolute Gasteiger partial charge is 0.478 e. The molecule has 0 unspecified atom stereocenters. The maximum absolute atomic E-state index is 10.8. The minimum absolute atomic E-state index is 0.0341. The fourth-order valence-electron chi connectivity index (χ4n) is 0.913. The van der Waals surface area contributed by atoms with Gasteiger partial charge in [-0.3, -0.25) is 4.79 Å². The van der Waals surface area contributed by atoms with Crippen LogP contribution in [-0.4, -0.2) is 17.0 Å². The number of aliphatic carboxylic acids is 1. The van der Waals surface area contributed by atoms with Crippen LogP contribution >= 0.6 is 0 Å². The number of carbonyl (C=O) groups excluding carboxylic acids is 1. The van der Waals surface area contributed by atoms with Crippen LogP contribution < -0.4 is 0 Å². The van der Waals surface area contributed by atoms with Crippen LogP contribution in [-0.2, 0) is 14.3 Å². The van der Waals surface area contributed by atoms with Gasteiger partial charge in [-0.2, -0.15) is 0 Å². The Hall–Kier alpha value is -1.58. The fraction of sp³-hybridized carbons (Fsp3) is 0.400. The van der Waals surface area contributed by atoms with Crippen molar-refractivity contribution in [2.75, 3.05) is 0 Å².